The van der Waals surface area contributed by atoms with Crippen LogP contribution in [0.4, 0.5) is 0 Å². The van der Waals surface area contributed by atoms with E-state index in [1.165, 1.54) is 0 Å². The molecule has 0 saturated heterocycles. The van der Waals surface area contributed by atoms with E-state index in [4.69, 9.17) is 4.52 Å². The van der Waals surface area contributed by atoms with Crippen molar-refractivity contribution in [2.75, 3.05) is 12.3 Å². The van der Waals surface area contributed by atoms with Crippen LogP contribution in [0, 0.1) is 20.8 Å². The van der Waals surface area contributed by atoms with Crippen LogP contribution in [0.3, 0.4) is 0 Å². The van der Waals surface area contributed by atoms with Gasteiger partial charge in [0.2, 0.25) is 0 Å². The number of thioether (sulfide) groups is 1. The molecule has 1 N–H and O–H groups in total. The van der Waals surface area contributed by atoms with Crippen LogP contribution in [-0.2, 0) is 0 Å². The summed E-state index contributed by atoms with van der Waals surface area (Å²) in [5.41, 5.74) is 2.36. The lowest BCUT2D eigenvalue weighted by Gasteiger charge is -2.06. The number of aromatic nitrogens is 4. The number of carbonyl (C=O) groups excluding carboxylic acids is 1. The van der Waals surface area contributed by atoms with Crippen LogP contribution in [0.25, 0.3) is 11.1 Å². The van der Waals surface area contributed by atoms with Crippen molar-refractivity contribution >= 4 is 40.1 Å². The molecule has 0 fully saturated rings. The number of nitrogens with zero attached hydrogens (tertiary/aromatic N) is 4. The molecule has 3 heterocycles. The first-order valence-electron chi connectivity index (χ1n) is 7.49. The second-order valence-electron chi connectivity index (χ2n) is 5.30. The van der Waals surface area contributed by atoms with Gasteiger partial charge in [-0.1, -0.05) is 28.3 Å². The number of amides is 1. The fourth-order valence-corrected chi connectivity index (χ4v) is 4.09. The third kappa shape index (κ3) is 3.73. The Hall–Kier alpha value is -2.00. The lowest BCUT2D eigenvalue weighted by atomic mass is 10.1. The highest BCUT2D eigenvalue weighted by Gasteiger charge is 2.17. The van der Waals surface area contributed by atoms with Crippen molar-refractivity contribution in [1.29, 1.82) is 0 Å². The second kappa shape index (κ2) is 7.27. The molecule has 3 aromatic rings. The molecule has 3 rings (SSSR count). The largest absolute Gasteiger partial charge is 0.352 e. The first-order chi connectivity index (χ1) is 11.5. The molecular weight excluding hydrogens is 346 g/mol. The molecule has 0 bridgehead atoms. The van der Waals surface area contributed by atoms with Crippen LogP contribution in [0.15, 0.2) is 14.9 Å². The van der Waals surface area contributed by atoms with Gasteiger partial charge in [-0.25, -0.2) is 4.98 Å². The predicted molar refractivity (Wildman–Crippen MR) is 93.6 cm³/mol. The third-order valence-corrected chi connectivity index (χ3v) is 5.39. The van der Waals surface area contributed by atoms with Crippen molar-refractivity contribution in [3.63, 3.8) is 0 Å². The quantitative estimate of drug-likeness (QED) is 0.531. The Balaban J connectivity index is 1.56. The number of hydrogen-bond donors (Lipinski definition) is 1. The summed E-state index contributed by atoms with van der Waals surface area (Å²) < 4.78 is 6.12. The highest BCUT2D eigenvalue weighted by molar-refractivity contribution is 8.01. The molecule has 0 saturated carbocycles. The Labute approximate surface area is 147 Å². The van der Waals surface area contributed by atoms with Crippen molar-refractivity contribution in [1.82, 2.24) is 25.7 Å². The maximum atomic E-state index is 12.5. The van der Waals surface area contributed by atoms with Gasteiger partial charge in [-0.2, -0.15) is 0 Å². The monoisotopic (exact) mass is 363 g/mol. The zero-order chi connectivity index (χ0) is 17.1. The summed E-state index contributed by atoms with van der Waals surface area (Å²) in [7, 11) is 0. The molecule has 0 aromatic carbocycles. The molecule has 3 aromatic heterocycles. The van der Waals surface area contributed by atoms with Crippen LogP contribution >= 0.6 is 23.1 Å². The Morgan fingerprint density at radius 3 is 2.92 bits per heavy atom. The van der Waals surface area contributed by atoms with E-state index in [9.17, 15) is 4.79 Å². The highest BCUT2D eigenvalue weighted by atomic mass is 32.2. The average molecular weight is 363 g/mol. The van der Waals surface area contributed by atoms with Gasteiger partial charge in [0.1, 0.15) is 5.01 Å². The smallest absolute Gasteiger partial charge is 0.258 e. The van der Waals surface area contributed by atoms with Crippen molar-refractivity contribution in [2.45, 2.75) is 31.5 Å². The molecule has 0 unspecified atom stereocenters. The predicted octanol–water partition coefficient (Wildman–Crippen LogP) is 2.91. The summed E-state index contributed by atoms with van der Waals surface area (Å²) in [4.78, 5) is 16.7. The Morgan fingerprint density at radius 2 is 2.17 bits per heavy atom. The van der Waals surface area contributed by atoms with Crippen LogP contribution < -0.4 is 5.32 Å². The molecule has 0 atom stereocenters. The normalized spacial score (nSPS) is 11.1. The summed E-state index contributed by atoms with van der Waals surface area (Å²) >= 11 is 3.24. The molecule has 0 aliphatic heterocycles. The third-order valence-electron chi connectivity index (χ3n) is 3.33. The van der Waals surface area contributed by atoms with Crippen molar-refractivity contribution in [3.05, 3.63) is 28.0 Å². The number of hydrogen-bond acceptors (Lipinski definition) is 8. The van der Waals surface area contributed by atoms with Crippen LogP contribution in [0.5, 0.6) is 0 Å². The Morgan fingerprint density at radius 1 is 1.33 bits per heavy atom. The molecule has 24 heavy (non-hydrogen) atoms. The molecule has 9 heteroatoms. The van der Waals surface area contributed by atoms with E-state index >= 15 is 0 Å². The maximum absolute atomic E-state index is 12.5. The minimum absolute atomic E-state index is 0.131. The molecule has 7 nitrogen and oxygen atoms in total. The van der Waals surface area contributed by atoms with E-state index in [0.717, 1.165) is 27.2 Å². The topological polar surface area (TPSA) is 93.8 Å². The van der Waals surface area contributed by atoms with Crippen molar-refractivity contribution in [2.24, 2.45) is 0 Å². The lowest BCUT2D eigenvalue weighted by Crippen LogP contribution is -2.25. The summed E-state index contributed by atoms with van der Waals surface area (Å²) in [6.45, 7) is 6.16. The van der Waals surface area contributed by atoms with Gasteiger partial charge >= 0.3 is 0 Å². The van der Waals surface area contributed by atoms with E-state index in [1.54, 1.807) is 36.1 Å². The minimum atomic E-state index is -0.131. The highest BCUT2D eigenvalue weighted by Crippen LogP contribution is 2.23. The van der Waals surface area contributed by atoms with E-state index in [-0.39, 0.29) is 5.91 Å². The van der Waals surface area contributed by atoms with Gasteiger partial charge in [0.15, 0.2) is 4.34 Å². The molecule has 126 valence electrons. The standard InChI is InChI=1S/C15H17N5O2S2/c1-8-7-11(12-9(2)20-22-14(12)17-8)13(21)16-5-4-6-23-15-19-18-10(3)24-15/h7H,4-6H2,1-3H3,(H,16,21). The second-order valence-corrected chi connectivity index (χ2v) is 7.83. The van der Waals surface area contributed by atoms with Gasteiger partial charge in [0.25, 0.3) is 11.6 Å². The molecule has 0 aliphatic carbocycles. The van der Waals surface area contributed by atoms with Gasteiger partial charge in [0.05, 0.1) is 16.6 Å². The fourth-order valence-electron chi connectivity index (χ4n) is 2.26. The van der Waals surface area contributed by atoms with Crippen LogP contribution in [0.1, 0.15) is 33.2 Å². The number of fused-ring (bicyclic) bond motifs is 1. The van der Waals surface area contributed by atoms with E-state index in [2.05, 4.69) is 25.7 Å². The Bertz CT molecular complexity index is 874. The number of pyridine rings is 1. The number of aryl methyl sites for hydroxylation is 3. The molecule has 0 aliphatic rings. The van der Waals surface area contributed by atoms with Gasteiger partial charge in [0, 0.05) is 18.0 Å². The number of carbonyl (C=O) groups is 1. The van der Waals surface area contributed by atoms with Gasteiger partial charge < -0.3 is 9.84 Å². The first kappa shape index (κ1) is 16.8. The molecular formula is C15H17N5O2S2. The zero-order valence-corrected chi connectivity index (χ0v) is 15.3. The van der Waals surface area contributed by atoms with E-state index in [0.29, 0.717) is 28.9 Å². The minimum Gasteiger partial charge on any atom is -0.352 e. The first-order valence-corrected chi connectivity index (χ1v) is 9.29. The number of nitrogens with one attached hydrogen (secondary N) is 1. The summed E-state index contributed by atoms with van der Waals surface area (Å²) in [5.74, 6) is 0.750. The molecule has 0 radical (unpaired) electrons. The van der Waals surface area contributed by atoms with Crippen LogP contribution in [0.2, 0.25) is 0 Å². The van der Waals surface area contributed by atoms with Gasteiger partial charge in [-0.15, -0.1) is 10.2 Å². The average Bonchev–Trinajstić information content (AvgIpc) is 3.12. The lowest BCUT2D eigenvalue weighted by molar-refractivity contribution is 0.0955. The maximum Gasteiger partial charge on any atom is 0.258 e. The zero-order valence-electron chi connectivity index (χ0n) is 13.6. The van der Waals surface area contributed by atoms with Gasteiger partial charge in [-0.3, -0.25) is 4.79 Å². The SMILES string of the molecule is Cc1cc(C(=O)NCCCSc2nnc(C)s2)c2c(C)noc2n1. The fraction of sp³-hybridized carbons (Fsp3) is 0.400. The number of rotatable bonds is 6. The molecule has 0 spiro atoms. The van der Waals surface area contributed by atoms with E-state index < -0.39 is 0 Å². The van der Waals surface area contributed by atoms with Gasteiger partial charge in [-0.05, 0) is 33.3 Å². The summed E-state index contributed by atoms with van der Waals surface area (Å²) in [5, 5.41) is 16.5. The summed E-state index contributed by atoms with van der Waals surface area (Å²) in [6.07, 6.45) is 0.852. The summed E-state index contributed by atoms with van der Waals surface area (Å²) in [6, 6.07) is 1.76. The molecule has 1 amide bonds. The van der Waals surface area contributed by atoms with Crippen molar-refractivity contribution in [3.8, 4) is 0 Å². The Kier molecular flexibility index (Phi) is 5.10. The van der Waals surface area contributed by atoms with Crippen LogP contribution in [-0.4, -0.2) is 38.5 Å². The van der Waals surface area contributed by atoms with E-state index in [1.807, 2.05) is 13.8 Å². The van der Waals surface area contributed by atoms with Crippen molar-refractivity contribution < 1.29 is 9.32 Å².